The number of fused-ring (bicyclic) bond motifs is 10. The Balaban J connectivity index is 1.37. The summed E-state index contributed by atoms with van der Waals surface area (Å²) in [6.07, 6.45) is 0. The van der Waals surface area contributed by atoms with Gasteiger partial charge in [-0.1, -0.05) is 133 Å². The van der Waals surface area contributed by atoms with Gasteiger partial charge in [-0.3, -0.25) is 0 Å². The van der Waals surface area contributed by atoms with Crippen LogP contribution in [-0.2, 0) is 0 Å². The van der Waals surface area contributed by atoms with E-state index in [4.69, 9.17) is 0 Å². The Hall–Kier alpha value is -5.60. The minimum absolute atomic E-state index is 0.128. The Kier molecular flexibility index (Phi) is 4.86. The smallest absolute Gasteiger partial charge is 0.0538 e. The first-order valence-electron chi connectivity index (χ1n) is 15.5. The fraction of sp³-hybridized carbons (Fsp3) is 0.0476. The van der Waals surface area contributed by atoms with Crippen molar-refractivity contribution in [1.82, 2.24) is 9.13 Å². The molecule has 0 aliphatic carbocycles. The summed E-state index contributed by atoms with van der Waals surface area (Å²) < 4.78 is 5.13. The van der Waals surface area contributed by atoms with Crippen molar-refractivity contribution < 1.29 is 0 Å². The van der Waals surface area contributed by atoms with Crippen LogP contribution in [0.3, 0.4) is 0 Å². The number of hydrogen-bond acceptors (Lipinski definition) is 0. The Bertz CT molecular complexity index is 2190. The molecule has 0 N–H and O–H groups in total. The van der Waals surface area contributed by atoms with Gasteiger partial charge in [0.25, 0.3) is 0 Å². The molecule has 4 heterocycles. The molecule has 2 nitrogen and oxygen atoms in total. The topological polar surface area (TPSA) is 9.86 Å². The lowest BCUT2D eigenvalue weighted by Crippen LogP contribution is -2.12. The molecule has 2 aromatic heterocycles. The molecule has 2 heteroatoms. The van der Waals surface area contributed by atoms with E-state index in [2.05, 4.69) is 167 Å². The van der Waals surface area contributed by atoms with Crippen LogP contribution in [0, 0.1) is 0 Å². The van der Waals surface area contributed by atoms with Gasteiger partial charge >= 0.3 is 0 Å². The number of hydrogen-bond donors (Lipinski definition) is 0. The molecule has 0 spiro atoms. The molecule has 2 aliphatic rings. The maximum Gasteiger partial charge on any atom is 0.0538 e. The van der Waals surface area contributed by atoms with Crippen LogP contribution in [0.2, 0.25) is 0 Å². The van der Waals surface area contributed by atoms with E-state index in [1.807, 2.05) is 0 Å². The van der Waals surface area contributed by atoms with Crippen LogP contribution < -0.4 is 0 Å². The maximum atomic E-state index is 2.56. The van der Waals surface area contributed by atoms with E-state index in [-0.39, 0.29) is 11.8 Å². The van der Waals surface area contributed by atoms with E-state index in [9.17, 15) is 0 Å². The number of rotatable bonds is 3. The molecule has 0 fully saturated rings. The van der Waals surface area contributed by atoms with E-state index < -0.39 is 0 Å². The van der Waals surface area contributed by atoms with Crippen LogP contribution in [0.25, 0.3) is 55.4 Å². The lowest BCUT2D eigenvalue weighted by atomic mass is 9.76. The SMILES string of the molecule is c1ccc(-c2c3n(c4ccccc24)-c2ccccc2C3C2c3ccccc3-n3c2c(-c2ccccc2)c2ccccc23)cc1. The predicted octanol–water partition coefficient (Wildman–Crippen LogP) is 10.5. The fourth-order valence-corrected chi connectivity index (χ4v) is 8.32. The van der Waals surface area contributed by atoms with E-state index in [0.717, 1.165) is 0 Å². The van der Waals surface area contributed by atoms with Crippen molar-refractivity contribution in [3.63, 3.8) is 0 Å². The summed E-state index contributed by atoms with van der Waals surface area (Å²) in [4.78, 5) is 0. The first-order valence-corrected chi connectivity index (χ1v) is 15.5. The van der Waals surface area contributed by atoms with Gasteiger partial charge in [0.2, 0.25) is 0 Å². The minimum Gasteiger partial charge on any atom is -0.312 e. The number of nitrogens with zero attached hydrogens (tertiary/aromatic N) is 2. The van der Waals surface area contributed by atoms with Crippen molar-refractivity contribution in [2.45, 2.75) is 11.8 Å². The van der Waals surface area contributed by atoms with Gasteiger partial charge < -0.3 is 9.13 Å². The average molecular weight is 561 g/mol. The highest BCUT2D eigenvalue weighted by Crippen LogP contribution is 2.60. The molecular formula is C42H28N2. The van der Waals surface area contributed by atoms with E-state index in [1.165, 1.54) is 77.9 Å². The van der Waals surface area contributed by atoms with Crippen molar-refractivity contribution >= 4 is 21.8 Å². The zero-order valence-electron chi connectivity index (χ0n) is 24.1. The number of aromatic nitrogens is 2. The maximum absolute atomic E-state index is 2.56. The van der Waals surface area contributed by atoms with Crippen molar-refractivity contribution in [1.29, 1.82) is 0 Å². The zero-order chi connectivity index (χ0) is 28.8. The van der Waals surface area contributed by atoms with Gasteiger partial charge in [-0.25, -0.2) is 0 Å². The molecule has 44 heavy (non-hydrogen) atoms. The van der Waals surface area contributed by atoms with Gasteiger partial charge in [-0.2, -0.15) is 0 Å². The highest BCUT2D eigenvalue weighted by atomic mass is 15.1. The Morgan fingerprint density at radius 1 is 0.341 bits per heavy atom. The Labute approximate surface area is 256 Å². The summed E-state index contributed by atoms with van der Waals surface area (Å²) in [5.41, 5.74) is 15.9. The summed E-state index contributed by atoms with van der Waals surface area (Å²) in [6.45, 7) is 0. The summed E-state index contributed by atoms with van der Waals surface area (Å²) in [5, 5.41) is 2.62. The molecule has 0 saturated carbocycles. The summed E-state index contributed by atoms with van der Waals surface area (Å²) in [5.74, 6) is 0.256. The monoisotopic (exact) mass is 560 g/mol. The molecule has 0 radical (unpaired) electrons. The fourth-order valence-electron chi connectivity index (χ4n) is 8.32. The van der Waals surface area contributed by atoms with Crippen molar-refractivity contribution in [2.24, 2.45) is 0 Å². The molecular weight excluding hydrogens is 532 g/mol. The van der Waals surface area contributed by atoms with Crippen LogP contribution in [0.5, 0.6) is 0 Å². The van der Waals surface area contributed by atoms with Gasteiger partial charge in [0.05, 0.1) is 11.0 Å². The van der Waals surface area contributed by atoms with Crippen LogP contribution in [0.1, 0.15) is 34.4 Å². The molecule has 2 atom stereocenters. The van der Waals surface area contributed by atoms with E-state index >= 15 is 0 Å². The Morgan fingerprint density at radius 3 is 1.16 bits per heavy atom. The van der Waals surface area contributed by atoms with Crippen molar-refractivity contribution in [2.75, 3.05) is 0 Å². The third-order valence-electron chi connectivity index (χ3n) is 9.90. The lowest BCUT2D eigenvalue weighted by molar-refractivity contribution is 0.701. The molecule has 0 saturated heterocycles. The van der Waals surface area contributed by atoms with E-state index in [0.29, 0.717) is 0 Å². The summed E-state index contributed by atoms with van der Waals surface area (Å²) >= 11 is 0. The van der Waals surface area contributed by atoms with Crippen LogP contribution in [0.4, 0.5) is 0 Å². The van der Waals surface area contributed by atoms with Gasteiger partial charge in [0, 0.05) is 56.5 Å². The summed E-state index contributed by atoms with van der Waals surface area (Å²) in [7, 11) is 0. The van der Waals surface area contributed by atoms with Crippen molar-refractivity contribution in [3.05, 3.63) is 180 Å². The highest BCUT2D eigenvalue weighted by molar-refractivity contribution is 6.03. The second-order valence-corrected chi connectivity index (χ2v) is 12.0. The Morgan fingerprint density at radius 2 is 0.705 bits per heavy atom. The number of benzene rings is 6. The van der Waals surface area contributed by atoms with Crippen LogP contribution in [0.15, 0.2) is 158 Å². The number of para-hydroxylation sites is 4. The van der Waals surface area contributed by atoms with Gasteiger partial charge in [-0.15, -0.1) is 0 Å². The molecule has 2 unspecified atom stereocenters. The third-order valence-corrected chi connectivity index (χ3v) is 9.90. The van der Waals surface area contributed by atoms with Gasteiger partial charge in [0.15, 0.2) is 0 Å². The van der Waals surface area contributed by atoms with E-state index in [1.54, 1.807) is 0 Å². The molecule has 10 rings (SSSR count). The molecule has 0 amide bonds. The van der Waals surface area contributed by atoms with Gasteiger partial charge in [-0.05, 0) is 46.5 Å². The standard InChI is InChI=1S/C42H28N2/c1-3-15-27(16-4-1)37-29-19-7-11-23-33(29)43-35-25-13-9-21-31(35)39(41(37)43)40-32-22-10-14-26-36(32)44-34-24-12-8-20-30(34)38(42(40)44)28-17-5-2-6-18-28/h1-26,39-40H. The van der Waals surface area contributed by atoms with Gasteiger partial charge in [0.1, 0.15) is 0 Å². The van der Waals surface area contributed by atoms with Crippen LogP contribution >= 0.6 is 0 Å². The first-order chi connectivity index (χ1) is 21.9. The quantitative estimate of drug-likeness (QED) is 0.203. The second kappa shape index (κ2) is 8.95. The lowest BCUT2D eigenvalue weighted by Gasteiger charge is -2.24. The molecule has 206 valence electrons. The normalized spacial score (nSPS) is 16.2. The molecule has 6 aromatic carbocycles. The third kappa shape index (κ3) is 3.04. The average Bonchev–Trinajstić information content (AvgIpc) is 3.80. The molecule has 0 bridgehead atoms. The van der Waals surface area contributed by atoms with Crippen molar-refractivity contribution in [3.8, 4) is 33.6 Å². The minimum atomic E-state index is 0.128. The zero-order valence-corrected chi connectivity index (χ0v) is 24.1. The molecule has 8 aromatic rings. The van der Waals surface area contributed by atoms with Crippen LogP contribution in [-0.4, -0.2) is 9.13 Å². The molecule has 2 aliphatic heterocycles. The predicted molar refractivity (Wildman–Crippen MR) is 181 cm³/mol. The second-order valence-electron chi connectivity index (χ2n) is 12.0. The summed E-state index contributed by atoms with van der Waals surface area (Å²) in [6, 6.07) is 58.1. The highest BCUT2D eigenvalue weighted by Gasteiger charge is 2.46. The first kappa shape index (κ1) is 23.9. The largest absolute Gasteiger partial charge is 0.312 e.